The van der Waals surface area contributed by atoms with Crippen LogP contribution in [0.1, 0.15) is 6.42 Å². The molecular weight excluding hydrogens is 160 g/mol. The van der Waals surface area contributed by atoms with Gasteiger partial charge in [0.2, 0.25) is 0 Å². The van der Waals surface area contributed by atoms with Crippen LogP contribution in [-0.4, -0.2) is 22.1 Å². The van der Waals surface area contributed by atoms with Crippen LogP contribution in [0.25, 0.3) is 0 Å². The van der Waals surface area contributed by atoms with Crippen LogP contribution in [-0.2, 0) is 4.79 Å². The number of allylic oxidation sites excluding steroid dienone is 2. The minimum Gasteiger partial charge on any atom is -0.480 e. The van der Waals surface area contributed by atoms with Gasteiger partial charge < -0.3 is 5.11 Å². The van der Waals surface area contributed by atoms with Crippen LogP contribution in [0, 0.1) is 0 Å². The highest BCUT2D eigenvalue weighted by molar-refractivity contribution is 8.01. The summed E-state index contributed by atoms with van der Waals surface area (Å²) in [5, 5.41) is 8.48. The summed E-state index contributed by atoms with van der Waals surface area (Å²) < 4.78 is 0. The maximum absolute atomic E-state index is 10.7. The van der Waals surface area contributed by atoms with E-state index in [4.69, 9.17) is 5.11 Å². The summed E-state index contributed by atoms with van der Waals surface area (Å²) in [6.07, 6.45) is 4.96. The first-order chi connectivity index (χ1) is 5.29. The number of rotatable bonds is 1. The number of carboxylic acid groups (broad SMARTS) is 1. The van der Waals surface area contributed by atoms with E-state index in [-0.39, 0.29) is 5.25 Å². The Morgan fingerprint density at radius 1 is 1.73 bits per heavy atom. The van der Waals surface area contributed by atoms with Gasteiger partial charge in [-0.3, -0.25) is 4.79 Å². The molecule has 0 aromatic carbocycles. The third-order valence-electron chi connectivity index (χ3n) is 2.00. The van der Waals surface area contributed by atoms with E-state index in [2.05, 4.69) is 0 Å². The lowest BCUT2D eigenvalue weighted by Gasteiger charge is -2.02. The molecule has 1 aliphatic heterocycles. The van der Waals surface area contributed by atoms with E-state index < -0.39 is 5.97 Å². The van der Waals surface area contributed by atoms with Crippen LogP contribution in [0.5, 0.6) is 0 Å². The predicted molar refractivity (Wildman–Crippen MR) is 44.7 cm³/mol. The standard InChI is InChI=1S/C8H8O2S/c9-8(10)7-6-3-1-2-5(6)4-11-7/h1,3,7H,2,4H2,(H,9,10). The van der Waals surface area contributed by atoms with Gasteiger partial charge in [-0.1, -0.05) is 17.7 Å². The molecule has 1 atom stereocenters. The molecule has 0 saturated heterocycles. The van der Waals surface area contributed by atoms with Crippen LogP contribution in [0.2, 0.25) is 0 Å². The van der Waals surface area contributed by atoms with Crippen molar-refractivity contribution in [1.29, 1.82) is 0 Å². The molecule has 0 amide bonds. The summed E-state index contributed by atoms with van der Waals surface area (Å²) in [4.78, 5) is 10.7. The molecule has 0 spiro atoms. The average Bonchev–Trinajstić information content (AvgIpc) is 2.41. The SMILES string of the molecule is O=C(O)C1SCC2=C1C=CC2. The Morgan fingerprint density at radius 3 is 3.27 bits per heavy atom. The van der Waals surface area contributed by atoms with Gasteiger partial charge in [0.05, 0.1) is 0 Å². The molecule has 2 aliphatic rings. The average molecular weight is 168 g/mol. The Balaban J connectivity index is 2.28. The molecule has 0 bridgehead atoms. The van der Waals surface area contributed by atoms with Gasteiger partial charge in [0.1, 0.15) is 5.25 Å². The molecule has 11 heavy (non-hydrogen) atoms. The fourth-order valence-electron chi connectivity index (χ4n) is 1.46. The third-order valence-corrected chi connectivity index (χ3v) is 3.30. The van der Waals surface area contributed by atoms with E-state index >= 15 is 0 Å². The van der Waals surface area contributed by atoms with Crippen molar-refractivity contribution >= 4 is 17.7 Å². The second kappa shape index (κ2) is 2.41. The monoisotopic (exact) mass is 168 g/mol. The first-order valence-electron chi connectivity index (χ1n) is 3.52. The Morgan fingerprint density at radius 2 is 2.55 bits per heavy atom. The molecular formula is C8H8O2S. The molecule has 3 heteroatoms. The normalized spacial score (nSPS) is 27.8. The summed E-state index contributed by atoms with van der Waals surface area (Å²) in [5.41, 5.74) is 2.35. The van der Waals surface area contributed by atoms with Crippen LogP contribution in [0.15, 0.2) is 23.3 Å². The van der Waals surface area contributed by atoms with Gasteiger partial charge in [0.15, 0.2) is 0 Å². The molecule has 2 rings (SSSR count). The summed E-state index contributed by atoms with van der Waals surface area (Å²) >= 11 is 1.52. The van der Waals surface area contributed by atoms with E-state index in [1.54, 1.807) is 0 Å². The molecule has 0 aromatic heterocycles. The predicted octanol–water partition coefficient (Wildman–Crippen LogP) is 1.44. The number of aliphatic carboxylic acids is 1. The van der Waals surface area contributed by atoms with Gasteiger partial charge >= 0.3 is 5.97 Å². The van der Waals surface area contributed by atoms with Crippen LogP contribution < -0.4 is 0 Å². The summed E-state index contributed by atoms with van der Waals surface area (Å²) in [6, 6.07) is 0. The molecule has 1 N–H and O–H groups in total. The quantitative estimate of drug-likeness (QED) is 0.643. The van der Waals surface area contributed by atoms with Crippen LogP contribution in [0.4, 0.5) is 0 Å². The van der Waals surface area contributed by atoms with Crippen molar-refractivity contribution in [2.24, 2.45) is 0 Å². The molecule has 0 aromatic rings. The number of hydrogen-bond donors (Lipinski definition) is 1. The van der Waals surface area contributed by atoms with E-state index in [1.807, 2.05) is 12.2 Å². The van der Waals surface area contributed by atoms with Gasteiger partial charge in [-0.05, 0) is 12.0 Å². The van der Waals surface area contributed by atoms with Crippen molar-refractivity contribution in [3.8, 4) is 0 Å². The minimum atomic E-state index is -0.702. The maximum Gasteiger partial charge on any atom is 0.321 e. The summed E-state index contributed by atoms with van der Waals surface area (Å²) in [6.45, 7) is 0. The van der Waals surface area contributed by atoms with E-state index in [9.17, 15) is 4.79 Å². The Labute approximate surface area is 69.0 Å². The Kier molecular flexibility index (Phi) is 1.53. The molecule has 58 valence electrons. The lowest BCUT2D eigenvalue weighted by atomic mass is 10.1. The van der Waals surface area contributed by atoms with Gasteiger partial charge in [-0.2, -0.15) is 0 Å². The Hall–Kier alpha value is -0.700. The lowest BCUT2D eigenvalue weighted by molar-refractivity contribution is -0.135. The van der Waals surface area contributed by atoms with E-state index in [0.29, 0.717) is 0 Å². The fraction of sp³-hybridized carbons (Fsp3) is 0.375. The second-order valence-corrected chi connectivity index (χ2v) is 3.79. The minimum absolute atomic E-state index is 0.288. The van der Waals surface area contributed by atoms with Gasteiger partial charge in [-0.25, -0.2) is 0 Å². The molecule has 0 radical (unpaired) electrons. The molecule has 0 saturated carbocycles. The molecule has 1 heterocycles. The highest BCUT2D eigenvalue weighted by Crippen LogP contribution is 2.38. The zero-order chi connectivity index (χ0) is 7.84. The second-order valence-electron chi connectivity index (χ2n) is 2.69. The zero-order valence-electron chi connectivity index (χ0n) is 5.91. The lowest BCUT2D eigenvalue weighted by Crippen LogP contribution is -2.14. The molecule has 2 nitrogen and oxygen atoms in total. The van der Waals surface area contributed by atoms with Crippen molar-refractivity contribution in [3.63, 3.8) is 0 Å². The first-order valence-corrected chi connectivity index (χ1v) is 4.57. The molecule has 0 fully saturated rings. The van der Waals surface area contributed by atoms with Gasteiger partial charge in [0.25, 0.3) is 0 Å². The van der Waals surface area contributed by atoms with Crippen LogP contribution in [0.3, 0.4) is 0 Å². The van der Waals surface area contributed by atoms with Crippen molar-refractivity contribution in [2.45, 2.75) is 11.7 Å². The van der Waals surface area contributed by atoms with E-state index in [0.717, 1.165) is 17.7 Å². The Bertz CT molecular complexity index is 265. The highest BCUT2D eigenvalue weighted by Gasteiger charge is 2.31. The number of thioether (sulfide) groups is 1. The fourth-order valence-corrected chi connectivity index (χ4v) is 2.68. The van der Waals surface area contributed by atoms with Gasteiger partial charge in [0, 0.05) is 5.75 Å². The maximum atomic E-state index is 10.7. The van der Waals surface area contributed by atoms with Crippen molar-refractivity contribution in [2.75, 3.05) is 5.75 Å². The smallest absolute Gasteiger partial charge is 0.321 e. The molecule has 1 unspecified atom stereocenters. The largest absolute Gasteiger partial charge is 0.480 e. The molecule has 1 aliphatic carbocycles. The number of carbonyl (C=O) groups is 1. The number of hydrogen-bond acceptors (Lipinski definition) is 2. The van der Waals surface area contributed by atoms with Crippen molar-refractivity contribution in [3.05, 3.63) is 23.3 Å². The van der Waals surface area contributed by atoms with Crippen molar-refractivity contribution in [1.82, 2.24) is 0 Å². The van der Waals surface area contributed by atoms with Gasteiger partial charge in [-0.15, -0.1) is 11.8 Å². The topological polar surface area (TPSA) is 37.3 Å². The zero-order valence-corrected chi connectivity index (χ0v) is 6.73. The number of carboxylic acids is 1. The summed E-state index contributed by atoms with van der Waals surface area (Å²) in [7, 11) is 0. The van der Waals surface area contributed by atoms with Crippen LogP contribution >= 0.6 is 11.8 Å². The van der Waals surface area contributed by atoms with Crippen molar-refractivity contribution < 1.29 is 9.90 Å². The first kappa shape index (κ1) is 6.98. The summed E-state index contributed by atoms with van der Waals surface area (Å²) in [5.74, 6) is 0.200. The van der Waals surface area contributed by atoms with E-state index in [1.165, 1.54) is 17.3 Å². The third kappa shape index (κ3) is 0.997. The highest BCUT2D eigenvalue weighted by atomic mass is 32.2.